The third-order valence-electron chi connectivity index (χ3n) is 5.54. The minimum Gasteiger partial charge on any atom is -0.369 e. The zero-order valence-corrected chi connectivity index (χ0v) is 19.2. The SMILES string of the molecule is CNC(=O)c1ccc(-c2cnn3ccc(C(O)N(c4ccc(C(F)(F)F)cn4)C(C)C)cc23)cn1. The third kappa shape index (κ3) is 4.80. The molecule has 0 saturated carbocycles. The Morgan fingerprint density at radius 2 is 1.86 bits per heavy atom. The fourth-order valence-electron chi connectivity index (χ4n) is 3.73. The van der Waals surface area contributed by atoms with Crippen LogP contribution in [0, 0.1) is 0 Å². The average molecular weight is 484 g/mol. The molecule has 0 aliphatic heterocycles. The van der Waals surface area contributed by atoms with Crippen molar-refractivity contribution < 1.29 is 23.1 Å². The van der Waals surface area contributed by atoms with Crippen LogP contribution in [0.25, 0.3) is 16.6 Å². The summed E-state index contributed by atoms with van der Waals surface area (Å²) in [5.41, 5.74) is 2.06. The second-order valence-corrected chi connectivity index (χ2v) is 8.14. The van der Waals surface area contributed by atoms with Crippen molar-refractivity contribution in [2.24, 2.45) is 0 Å². The van der Waals surface area contributed by atoms with Gasteiger partial charge in [-0.15, -0.1) is 0 Å². The molecule has 1 atom stereocenters. The monoisotopic (exact) mass is 484 g/mol. The molecule has 2 N–H and O–H groups in total. The molecule has 0 bridgehead atoms. The number of nitrogens with zero attached hydrogens (tertiary/aromatic N) is 5. The smallest absolute Gasteiger partial charge is 0.369 e. The van der Waals surface area contributed by atoms with Crippen molar-refractivity contribution in [3.63, 3.8) is 0 Å². The first-order chi connectivity index (χ1) is 16.6. The molecule has 0 fully saturated rings. The second-order valence-electron chi connectivity index (χ2n) is 8.14. The predicted octanol–water partition coefficient (Wildman–Crippen LogP) is 4.08. The number of nitrogens with one attached hydrogen (secondary N) is 1. The largest absolute Gasteiger partial charge is 0.417 e. The van der Waals surface area contributed by atoms with Gasteiger partial charge in [0.05, 0.1) is 17.3 Å². The van der Waals surface area contributed by atoms with E-state index in [1.54, 1.807) is 47.4 Å². The molecule has 182 valence electrons. The minimum atomic E-state index is -4.50. The maximum absolute atomic E-state index is 12.9. The van der Waals surface area contributed by atoms with Crippen LogP contribution in [0.1, 0.15) is 41.7 Å². The first-order valence-electron chi connectivity index (χ1n) is 10.8. The van der Waals surface area contributed by atoms with Crippen LogP contribution in [0.4, 0.5) is 19.0 Å². The standard InChI is InChI=1S/C24H23F3N6O2/c1-14(2)33(21-7-5-17(12-30-21)24(25,26)27)23(35)15-8-9-32-20(10-15)18(13-31-32)16-4-6-19(29-11-16)22(34)28-3/h4-14,23,35H,1-3H3,(H,28,34). The molecule has 4 aromatic heterocycles. The van der Waals surface area contributed by atoms with Gasteiger partial charge in [-0.3, -0.25) is 9.78 Å². The van der Waals surface area contributed by atoms with E-state index in [2.05, 4.69) is 20.4 Å². The second kappa shape index (κ2) is 9.34. The van der Waals surface area contributed by atoms with Crippen LogP contribution in [-0.2, 0) is 6.18 Å². The Morgan fingerprint density at radius 3 is 2.43 bits per heavy atom. The Labute approximate surface area is 199 Å². The number of carbonyl (C=O) groups excluding carboxylic acids is 1. The number of aliphatic hydroxyl groups is 1. The van der Waals surface area contributed by atoms with Crippen molar-refractivity contribution in [1.82, 2.24) is 24.9 Å². The van der Waals surface area contributed by atoms with Crippen LogP contribution in [0.3, 0.4) is 0 Å². The van der Waals surface area contributed by atoms with Crippen LogP contribution in [-0.4, -0.2) is 43.7 Å². The molecule has 4 aromatic rings. The van der Waals surface area contributed by atoms with Gasteiger partial charge in [0, 0.05) is 48.4 Å². The summed E-state index contributed by atoms with van der Waals surface area (Å²) in [5, 5.41) is 18.0. The van der Waals surface area contributed by atoms with Crippen LogP contribution >= 0.6 is 0 Å². The van der Waals surface area contributed by atoms with Gasteiger partial charge in [0.15, 0.2) is 6.23 Å². The molecule has 0 saturated heterocycles. The van der Waals surface area contributed by atoms with Crippen molar-refractivity contribution in [2.45, 2.75) is 32.3 Å². The van der Waals surface area contributed by atoms with Crippen LogP contribution in [0.2, 0.25) is 0 Å². The number of amides is 1. The number of fused-ring (bicyclic) bond motifs is 1. The van der Waals surface area contributed by atoms with Gasteiger partial charge in [0.25, 0.3) is 5.91 Å². The topological polar surface area (TPSA) is 95.7 Å². The number of pyridine rings is 3. The lowest BCUT2D eigenvalue weighted by atomic mass is 10.1. The van der Waals surface area contributed by atoms with E-state index in [1.165, 1.54) is 18.0 Å². The zero-order valence-electron chi connectivity index (χ0n) is 19.2. The van der Waals surface area contributed by atoms with E-state index in [4.69, 9.17) is 0 Å². The highest BCUT2D eigenvalue weighted by molar-refractivity contribution is 5.92. The molecule has 0 aliphatic rings. The molecular formula is C24H23F3N6O2. The number of halogens is 3. The summed E-state index contributed by atoms with van der Waals surface area (Å²) in [6.07, 6.45) is -0.0190. The molecule has 0 aromatic carbocycles. The van der Waals surface area contributed by atoms with Crippen LogP contribution in [0.5, 0.6) is 0 Å². The summed E-state index contributed by atoms with van der Waals surface area (Å²) < 4.78 is 40.5. The summed E-state index contributed by atoms with van der Waals surface area (Å²) in [6, 6.07) is 8.71. The lowest BCUT2D eigenvalue weighted by molar-refractivity contribution is -0.137. The highest BCUT2D eigenvalue weighted by Crippen LogP contribution is 2.33. The highest BCUT2D eigenvalue weighted by atomic mass is 19.4. The van der Waals surface area contributed by atoms with E-state index in [1.807, 2.05) is 13.8 Å². The number of hydrogen-bond acceptors (Lipinski definition) is 6. The number of aromatic nitrogens is 4. The van der Waals surface area contributed by atoms with E-state index in [0.717, 1.165) is 23.4 Å². The fourth-order valence-corrected chi connectivity index (χ4v) is 3.73. The third-order valence-corrected chi connectivity index (χ3v) is 5.54. The zero-order chi connectivity index (χ0) is 25.3. The molecule has 0 spiro atoms. The summed E-state index contributed by atoms with van der Waals surface area (Å²) >= 11 is 0. The van der Waals surface area contributed by atoms with E-state index >= 15 is 0 Å². The molecule has 4 heterocycles. The minimum absolute atomic E-state index is 0.211. The molecule has 0 radical (unpaired) electrons. The quantitative estimate of drug-likeness (QED) is 0.401. The molecular weight excluding hydrogens is 461 g/mol. The van der Waals surface area contributed by atoms with Gasteiger partial charge >= 0.3 is 6.18 Å². The number of rotatable bonds is 6. The van der Waals surface area contributed by atoms with Crippen LogP contribution in [0.15, 0.2) is 61.2 Å². The van der Waals surface area contributed by atoms with Crippen molar-refractivity contribution in [2.75, 3.05) is 11.9 Å². The Kier molecular flexibility index (Phi) is 6.44. The number of alkyl halides is 3. The molecule has 4 rings (SSSR count). The molecule has 8 nitrogen and oxygen atoms in total. The predicted molar refractivity (Wildman–Crippen MR) is 124 cm³/mol. The molecule has 1 amide bonds. The Balaban J connectivity index is 1.69. The maximum Gasteiger partial charge on any atom is 0.417 e. The van der Waals surface area contributed by atoms with E-state index in [9.17, 15) is 23.1 Å². The lowest BCUT2D eigenvalue weighted by Crippen LogP contribution is -2.35. The first kappa shape index (κ1) is 24.1. The van der Waals surface area contributed by atoms with Crippen molar-refractivity contribution in [3.8, 4) is 11.1 Å². The number of carbonyl (C=O) groups is 1. The molecule has 35 heavy (non-hydrogen) atoms. The van der Waals surface area contributed by atoms with Gasteiger partial charge in [-0.05, 0) is 44.2 Å². The molecule has 11 heteroatoms. The van der Waals surface area contributed by atoms with Crippen LogP contribution < -0.4 is 10.2 Å². The van der Waals surface area contributed by atoms with Gasteiger partial charge < -0.3 is 15.3 Å². The number of anilines is 1. The summed E-state index contributed by atoms with van der Waals surface area (Å²) in [4.78, 5) is 21.4. The van der Waals surface area contributed by atoms with Gasteiger partial charge in [0.2, 0.25) is 0 Å². The van der Waals surface area contributed by atoms with Crippen molar-refractivity contribution in [3.05, 3.63) is 78.0 Å². The van der Waals surface area contributed by atoms with Gasteiger partial charge in [-0.1, -0.05) is 6.07 Å². The fraction of sp³-hybridized carbons (Fsp3) is 0.250. The van der Waals surface area contributed by atoms with Crippen molar-refractivity contribution in [1.29, 1.82) is 0 Å². The highest BCUT2D eigenvalue weighted by Gasteiger charge is 2.31. The van der Waals surface area contributed by atoms with Gasteiger partial charge in [-0.2, -0.15) is 18.3 Å². The number of hydrogen-bond donors (Lipinski definition) is 2. The Morgan fingerprint density at radius 1 is 1.09 bits per heavy atom. The van der Waals surface area contributed by atoms with Gasteiger partial charge in [0.1, 0.15) is 11.5 Å². The summed E-state index contributed by atoms with van der Waals surface area (Å²) in [6.45, 7) is 3.62. The molecule has 0 aliphatic carbocycles. The Hall–Kier alpha value is -3.99. The maximum atomic E-state index is 12.9. The summed E-state index contributed by atoms with van der Waals surface area (Å²) in [7, 11) is 1.52. The van der Waals surface area contributed by atoms with E-state index in [0.29, 0.717) is 11.1 Å². The normalized spacial score (nSPS) is 12.7. The lowest BCUT2D eigenvalue weighted by Gasteiger charge is -2.33. The molecule has 1 unspecified atom stereocenters. The van der Waals surface area contributed by atoms with Crippen molar-refractivity contribution >= 4 is 17.2 Å². The number of aliphatic hydroxyl groups excluding tert-OH is 1. The Bertz CT molecular complexity index is 1330. The van der Waals surface area contributed by atoms with E-state index in [-0.39, 0.29) is 23.5 Å². The summed E-state index contributed by atoms with van der Waals surface area (Å²) in [5.74, 6) is -0.0874. The van der Waals surface area contributed by atoms with Gasteiger partial charge in [-0.25, -0.2) is 9.50 Å². The average Bonchev–Trinajstić information content (AvgIpc) is 3.26. The first-order valence-corrected chi connectivity index (χ1v) is 10.8. The van der Waals surface area contributed by atoms with E-state index < -0.39 is 18.0 Å².